The van der Waals surface area contributed by atoms with E-state index in [4.69, 9.17) is 4.74 Å². The first-order chi connectivity index (χ1) is 15.1. The molecule has 166 valence electrons. The second-order valence-electron chi connectivity index (χ2n) is 7.98. The van der Waals surface area contributed by atoms with Crippen molar-refractivity contribution in [3.63, 3.8) is 0 Å². The molecule has 2 aliphatic rings. The third-order valence-corrected chi connectivity index (χ3v) is 6.39. The minimum Gasteiger partial charge on any atom is -0.495 e. The van der Waals surface area contributed by atoms with Crippen LogP contribution in [0.3, 0.4) is 0 Å². The molecule has 0 bridgehead atoms. The van der Waals surface area contributed by atoms with Crippen LogP contribution >= 0.6 is 15.9 Å². The van der Waals surface area contributed by atoms with Gasteiger partial charge < -0.3 is 20.3 Å². The monoisotopic (exact) mass is 489 g/mol. The van der Waals surface area contributed by atoms with Crippen molar-refractivity contribution in [3.8, 4) is 5.75 Å². The molecule has 8 heteroatoms. The summed E-state index contributed by atoms with van der Waals surface area (Å²) >= 11 is 3.42. The van der Waals surface area contributed by atoms with Crippen LogP contribution in [0.1, 0.15) is 32.1 Å². The van der Waals surface area contributed by atoms with Gasteiger partial charge in [0.25, 0.3) is 0 Å². The number of ether oxygens (including phenoxy) is 1. The highest BCUT2D eigenvalue weighted by Crippen LogP contribution is 2.34. The standard InChI is InChI=1S/C23H29BrFN5O/c1-31-22-13-17-20(14-21(22)26-8-2-3-9-30-10-4-5-11-30)27-15-28-23(17)29-19-7-6-16(24)12-18(19)25/h7,12-16,26H,2-6,8-11H2,1H3,(H,27,28,29). The Kier molecular flexibility index (Phi) is 7.40. The normalized spacial score (nSPS) is 19.3. The number of benzene rings is 1. The maximum Gasteiger partial charge on any atom is 0.143 e. The van der Waals surface area contributed by atoms with Crippen LogP contribution in [0.5, 0.6) is 5.75 Å². The van der Waals surface area contributed by atoms with Crippen molar-refractivity contribution in [1.29, 1.82) is 0 Å². The molecule has 1 aromatic heterocycles. The predicted molar refractivity (Wildman–Crippen MR) is 128 cm³/mol. The van der Waals surface area contributed by atoms with Crippen LogP contribution in [-0.4, -0.2) is 53.0 Å². The van der Waals surface area contributed by atoms with Gasteiger partial charge in [-0.05, 0) is 69.9 Å². The molecule has 0 amide bonds. The molecule has 1 atom stereocenters. The first kappa shape index (κ1) is 22.0. The fraction of sp³-hybridized carbons (Fsp3) is 0.478. The van der Waals surface area contributed by atoms with E-state index in [1.807, 2.05) is 18.2 Å². The fourth-order valence-corrected chi connectivity index (χ4v) is 4.48. The van der Waals surface area contributed by atoms with Crippen LogP contribution < -0.4 is 15.4 Å². The Morgan fingerprint density at radius 3 is 2.84 bits per heavy atom. The molecule has 1 saturated heterocycles. The number of alkyl halides is 1. The van der Waals surface area contributed by atoms with Crippen LogP contribution in [-0.2, 0) is 0 Å². The van der Waals surface area contributed by atoms with E-state index in [9.17, 15) is 4.39 Å². The second kappa shape index (κ2) is 10.4. The second-order valence-corrected chi connectivity index (χ2v) is 9.16. The van der Waals surface area contributed by atoms with Gasteiger partial charge in [-0.1, -0.05) is 22.0 Å². The first-order valence-electron chi connectivity index (χ1n) is 10.9. The number of halogens is 2. The van der Waals surface area contributed by atoms with Crippen LogP contribution in [0.15, 0.2) is 42.1 Å². The molecule has 1 unspecified atom stereocenters. The number of nitrogens with one attached hydrogen (secondary N) is 2. The molecule has 4 rings (SSSR count). The van der Waals surface area contributed by atoms with Crippen LogP contribution in [0, 0.1) is 0 Å². The Morgan fingerprint density at radius 1 is 1.23 bits per heavy atom. The maximum atomic E-state index is 14.3. The zero-order valence-corrected chi connectivity index (χ0v) is 19.4. The summed E-state index contributed by atoms with van der Waals surface area (Å²) in [5, 5.41) is 7.39. The largest absolute Gasteiger partial charge is 0.495 e. The van der Waals surface area contributed by atoms with E-state index in [2.05, 4.69) is 41.4 Å². The lowest BCUT2D eigenvalue weighted by Gasteiger charge is -2.17. The molecule has 1 aliphatic heterocycles. The van der Waals surface area contributed by atoms with Crippen molar-refractivity contribution in [3.05, 3.63) is 42.1 Å². The zero-order chi connectivity index (χ0) is 21.6. The van der Waals surface area contributed by atoms with Gasteiger partial charge in [-0.25, -0.2) is 14.4 Å². The number of allylic oxidation sites excluding steroid dienone is 3. The number of anilines is 2. The number of rotatable bonds is 9. The van der Waals surface area contributed by atoms with Crippen molar-refractivity contribution >= 4 is 38.3 Å². The molecule has 2 N–H and O–H groups in total. The van der Waals surface area contributed by atoms with Gasteiger partial charge in [-0.2, -0.15) is 0 Å². The Balaban J connectivity index is 1.44. The van der Waals surface area contributed by atoms with Gasteiger partial charge in [0.1, 0.15) is 23.7 Å². The summed E-state index contributed by atoms with van der Waals surface area (Å²) in [4.78, 5) is 11.3. The van der Waals surface area contributed by atoms with Gasteiger partial charge in [0.15, 0.2) is 0 Å². The van der Waals surface area contributed by atoms with E-state index >= 15 is 0 Å². The van der Waals surface area contributed by atoms with E-state index < -0.39 is 0 Å². The lowest BCUT2D eigenvalue weighted by atomic mass is 10.1. The summed E-state index contributed by atoms with van der Waals surface area (Å²) in [5.41, 5.74) is 2.11. The summed E-state index contributed by atoms with van der Waals surface area (Å²) in [7, 11) is 1.65. The summed E-state index contributed by atoms with van der Waals surface area (Å²) in [6, 6.07) is 3.87. The van der Waals surface area contributed by atoms with Crippen molar-refractivity contribution < 1.29 is 9.13 Å². The summed E-state index contributed by atoms with van der Waals surface area (Å²) in [6.45, 7) is 4.54. The smallest absolute Gasteiger partial charge is 0.143 e. The highest BCUT2D eigenvalue weighted by Gasteiger charge is 2.17. The average molecular weight is 490 g/mol. The molecule has 0 radical (unpaired) electrons. The van der Waals surface area contributed by atoms with Crippen molar-refractivity contribution in [2.75, 3.05) is 43.9 Å². The molecule has 1 fully saturated rings. The predicted octanol–water partition coefficient (Wildman–Crippen LogP) is 5.24. The average Bonchev–Trinajstić information content (AvgIpc) is 3.28. The topological polar surface area (TPSA) is 62.3 Å². The Labute approximate surface area is 191 Å². The van der Waals surface area contributed by atoms with Crippen molar-refractivity contribution in [2.24, 2.45) is 0 Å². The molecular formula is C23H29BrFN5O. The van der Waals surface area contributed by atoms with Gasteiger partial charge in [0.2, 0.25) is 0 Å². The molecule has 1 aliphatic carbocycles. The number of nitrogens with zero attached hydrogens (tertiary/aromatic N) is 3. The molecular weight excluding hydrogens is 461 g/mol. The van der Waals surface area contributed by atoms with E-state index in [1.165, 1.54) is 45.2 Å². The first-order valence-corrected chi connectivity index (χ1v) is 11.8. The number of unbranched alkanes of at least 4 members (excludes halogenated alkanes) is 1. The number of fused-ring (bicyclic) bond motifs is 1. The summed E-state index contributed by atoms with van der Waals surface area (Å²) < 4.78 is 19.9. The molecule has 2 heterocycles. The SMILES string of the molecule is COc1cc2c(NC3=CCC(Br)C=C3F)ncnc2cc1NCCCCN1CCCC1. The highest BCUT2D eigenvalue weighted by molar-refractivity contribution is 9.09. The van der Waals surface area contributed by atoms with Crippen LogP contribution in [0.4, 0.5) is 15.9 Å². The fourth-order valence-electron chi connectivity index (χ4n) is 4.06. The Morgan fingerprint density at radius 2 is 2.06 bits per heavy atom. The minimum absolute atomic E-state index is 0.0178. The van der Waals surface area contributed by atoms with E-state index in [-0.39, 0.29) is 10.7 Å². The number of likely N-dealkylation sites (tertiary alicyclic amines) is 1. The van der Waals surface area contributed by atoms with Crippen molar-refractivity contribution in [2.45, 2.75) is 36.9 Å². The van der Waals surface area contributed by atoms with Crippen LogP contribution in [0.25, 0.3) is 10.9 Å². The quantitative estimate of drug-likeness (QED) is 0.370. The van der Waals surface area contributed by atoms with Crippen LogP contribution in [0.2, 0.25) is 0 Å². The van der Waals surface area contributed by atoms with Gasteiger partial charge in [-0.3, -0.25) is 0 Å². The summed E-state index contributed by atoms with van der Waals surface area (Å²) in [6.07, 6.45) is 10.6. The maximum absolute atomic E-state index is 14.3. The number of hydrogen-bond acceptors (Lipinski definition) is 6. The number of hydrogen-bond donors (Lipinski definition) is 2. The molecule has 0 spiro atoms. The Hall–Kier alpha value is -2.19. The molecule has 1 aromatic carbocycles. The van der Waals surface area contributed by atoms with Gasteiger partial charge in [-0.15, -0.1) is 0 Å². The number of aromatic nitrogens is 2. The third-order valence-electron chi connectivity index (χ3n) is 5.76. The zero-order valence-electron chi connectivity index (χ0n) is 17.8. The van der Waals surface area contributed by atoms with E-state index in [0.29, 0.717) is 17.9 Å². The molecule has 0 saturated carbocycles. The molecule has 31 heavy (non-hydrogen) atoms. The molecule has 2 aromatic rings. The van der Waals surface area contributed by atoms with Gasteiger partial charge in [0, 0.05) is 16.8 Å². The lowest BCUT2D eigenvalue weighted by molar-refractivity contribution is 0.331. The van der Waals surface area contributed by atoms with Gasteiger partial charge in [0.05, 0.1) is 24.0 Å². The number of methoxy groups -OCH3 is 1. The molecule has 6 nitrogen and oxygen atoms in total. The third kappa shape index (κ3) is 5.54. The van der Waals surface area contributed by atoms with Crippen molar-refractivity contribution in [1.82, 2.24) is 14.9 Å². The Bertz CT molecular complexity index is 974. The lowest BCUT2D eigenvalue weighted by Crippen LogP contribution is -2.20. The summed E-state index contributed by atoms with van der Waals surface area (Å²) in [5.74, 6) is 0.987. The van der Waals surface area contributed by atoms with E-state index in [1.54, 1.807) is 13.2 Å². The van der Waals surface area contributed by atoms with E-state index in [0.717, 1.165) is 35.3 Å². The van der Waals surface area contributed by atoms with Gasteiger partial charge >= 0.3 is 0 Å². The highest BCUT2D eigenvalue weighted by atomic mass is 79.9. The minimum atomic E-state index is -0.293.